The van der Waals surface area contributed by atoms with Crippen LogP contribution in [0.3, 0.4) is 0 Å². The van der Waals surface area contributed by atoms with Crippen molar-refractivity contribution >= 4 is 23.2 Å². The number of rotatable bonds is 7. The summed E-state index contributed by atoms with van der Waals surface area (Å²) in [5.41, 5.74) is 1.29. The number of hydrogen-bond acceptors (Lipinski definition) is 6. The molecule has 3 heterocycles. The Morgan fingerprint density at radius 3 is 2.39 bits per heavy atom. The number of hydrogen-bond donors (Lipinski definition) is 1. The van der Waals surface area contributed by atoms with E-state index in [2.05, 4.69) is 15.0 Å². The van der Waals surface area contributed by atoms with Crippen molar-refractivity contribution in [2.75, 3.05) is 7.11 Å². The van der Waals surface area contributed by atoms with Gasteiger partial charge in [-0.1, -0.05) is 43.0 Å². The van der Waals surface area contributed by atoms with Gasteiger partial charge in [-0.2, -0.15) is 0 Å². The van der Waals surface area contributed by atoms with E-state index in [1.54, 1.807) is 0 Å². The third-order valence-corrected chi connectivity index (χ3v) is 9.86. The molecule has 6 rings (SSSR count). The van der Waals surface area contributed by atoms with Crippen LogP contribution in [0.5, 0.6) is 0 Å². The molecular formula is C30H40N4O4. The summed E-state index contributed by atoms with van der Waals surface area (Å²) in [4.78, 5) is 38.5. The third kappa shape index (κ3) is 4.76. The second-order valence-electron chi connectivity index (χ2n) is 12.1. The van der Waals surface area contributed by atoms with Gasteiger partial charge < -0.3 is 14.5 Å². The summed E-state index contributed by atoms with van der Waals surface area (Å²) in [7, 11) is 1.41. The molecule has 0 radical (unpaired) electrons. The summed E-state index contributed by atoms with van der Waals surface area (Å²) in [6, 6.07) is 9.39. The summed E-state index contributed by atoms with van der Waals surface area (Å²) < 4.78 is 1.90. The van der Waals surface area contributed by atoms with E-state index in [0.717, 1.165) is 30.2 Å². The van der Waals surface area contributed by atoms with Crippen molar-refractivity contribution in [3.8, 4) is 0 Å². The van der Waals surface area contributed by atoms with E-state index in [1.165, 1.54) is 71.1 Å². The summed E-state index contributed by atoms with van der Waals surface area (Å²) in [6.45, 7) is 0. The number of carbonyl (C=O) groups is 1. The standard InChI is InChI=1S/C30H40N4O4/c1-38-31-13-12-25(30(36)37)28-29(35)34(27-11-3-2-10-26(27)32-28)24-17-21-8-5-9-22(18-24)33(21)23-15-19-6-4-7-20(14-19)16-23/h2-3,10-11,13,19-25H,4-9,12,14-18H2,1H3,(H,36,37)/t19-,20?,21+,22?,23?,24?,25?/m0/s1. The van der Waals surface area contributed by atoms with Gasteiger partial charge in [-0.15, -0.1) is 0 Å². The minimum atomic E-state index is -1.08. The molecular weight excluding hydrogens is 480 g/mol. The van der Waals surface area contributed by atoms with E-state index in [0.29, 0.717) is 23.6 Å². The molecule has 2 saturated carbocycles. The lowest BCUT2D eigenvalue weighted by molar-refractivity contribution is -0.138. The lowest BCUT2D eigenvalue weighted by Gasteiger charge is -2.55. The van der Waals surface area contributed by atoms with Crippen LogP contribution in [-0.4, -0.2) is 57.0 Å². The van der Waals surface area contributed by atoms with Gasteiger partial charge in [-0.05, 0) is 68.9 Å². The average Bonchev–Trinajstić information content (AvgIpc) is 2.90. The molecule has 1 aromatic heterocycles. The lowest BCUT2D eigenvalue weighted by Crippen LogP contribution is -2.58. The van der Waals surface area contributed by atoms with Crippen molar-refractivity contribution < 1.29 is 14.7 Å². The second-order valence-corrected chi connectivity index (χ2v) is 12.1. The van der Waals surface area contributed by atoms with Crippen molar-refractivity contribution in [1.82, 2.24) is 14.5 Å². The number of carboxylic acid groups (broad SMARTS) is 1. The first-order chi connectivity index (χ1) is 18.5. The smallest absolute Gasteiger partial charge is 0.313 e. The summed E-state index contributed by atoms with van der Waals surface area (Å²) >= 11 is 0. The number of benzene rings is 1. The van der Waals surface area contributed by atoms with E-state index in [4.69, 9.17) is 4.84 Å². The average molecular weight is 521 g/mol. The molecule has 38 heavy (non-hydrogen) atoms. The van der Waals surface area contributed by atoms with Gasteiger partial charge in [0, 0.05) is 36.8 Å². The molecule has 2 aliphatic carbocycles. The van der Waals surface area contributed by atoms with Gasteiger partial charge in [0.1, 0.15) is 18.7 Å². The number of aliphatic carboxylic acids is 1. The highest BCUT2D eigenvalue weighted by Crippen LogP contribution is 2.47. The highest BCUT2D eigenvalue weighted by Gasteiger charge is 2.45. The van der Waals surface area contributed by atoms with Crippen LogP contribution in [0.15, 0.2) is 34.2 Å². The van der Waals surface area contributed by atoms with Crippen molar-refractivity contribution in [3.63, 3.8) is 0 Å². The van der Waals surface area contributed by atoms with Gasteiger partial charge in [-0.3, -0.25) is 14.5 Å². The van der Waals surface area contributed by atoms with Gasteiger partial charge in [-0.25, -0.2) is 4.98 Å². The topological polar surface area (TPSA) is 97.0 Å². The highest BCUT2D eigenvalue weighted by molar-refractivity contribution is 5.81. The van der Waals surface area contributed by atoms with Gasteiger partial charge in [0.25, 0.3) is 5.56 Å². The molecule has 8 nitrogen and oxygen atoms in total. The third-order valence-electron chi connectivity index (χ3n) is 9.86. The predicted octanol–water partition coefficient (Wildman–Crippen LogP) is 5.11. The molecule has 2 saturated heterocycles. The van der Waals surface area contributed by atoms with E-state index in [9.17, 15) is 14.7 Å². The lowest BCUT2D eigenvalue weighted by atomic mass is 9.68. The van der Waals surface area contributed by atoms with Crippen LogP contribution < -0.4 is 5.56 Å². The summed E-state index contributed by atoms with van der Waals surface area (Å²) in [5.74, 6) is -0.350. The van der Waals surface area contributed by atoms with Crippen molar-refractivity contribution in [1.29, 1.82) is 0 Å². The first kappa shape index (κ1) is 25.5. The first-order valence-corrected chi connectivity index (χ1v) is 14.6. The first-order valence-electron chi connectivity index (χ1n) is 14.6. The molecule has 1 aromatic carbocycles. The Hall–Kier alpha value is -2.74. The molecule has 0 spiro atoms. The van der Waals surface area contributed by atoms with Gasteiger partial charge >= 0.3 is 5.97 Å². The maximum absolute atomic E-state index is 14.0. The molecule has 2 aliphatic heterocycles. The molecule has 0 amide bonds. The SMILES string of the molecule is CON=CCC(C(=O)O)c1nc2ccccc2n(C2CC3CCC[C@H](C2)N3C2CC3CCC[C@@H](C3)C2)c1=O. The second kappa shape index (κ2) is 10.8. The minimum absolute atomic E-state index is 0.0471. The van der Waals surface area contributed by atoms with Gasteiger partial charge in [0.05, 0.1) is 11.0 Å². The minimum Gasteiger partial charge on any atom is -0.481 e. The Balaban J connectivity index is 1.35. The van der Waals surface area contributed by atoms with Gasteiger partial charge in [0.15, 0.2) is 0 Å². The fourth-order valence-electron chi connectivity index (χ4n) is 8.45. The largest absolute Gasteiger partial charge is 0.481 e. The van der Waals surface area contributed by atoms with E-state index >= 15 is 0 Å². The highest BCUT2D eigenvalue weighted by atomic mass is 16.6. The summed E-state index contributed by atoms with van der Waals surface area (Å²) in [6.07, 6.45) is 15.3. The van der Waals surface area contributed by atoms with Crippen LogP contribution in [-0.2, 0) is 9.63 Å². The van der Waals surface area contributed by atoms with Crippen LogP contribution in [0.25, 0.3) is 11.0 Å². The number of piperidine rings is 2. The Kier molecular flexibility index (Phi) is 7.25. The van der Waals surface area contributed by atoms with Crippen LogP contribution in [0.2, 0.25) is 0 Å². The van der Waals surface area contributed by atoms with Crippen molar-refractivity contribution in [3.05, 3.63) is 40.3 Å². The van der Waals surface area contributed by atoms with Crippen LogP contribution in [0.4, 0.5) is 0 Å². The molecule has 8 heteroatoms. The molecule has 2 aromatic rings. The van der Waals surface area contributed by atoms with Crippen LogP contribution >= 0.6 is 0 Å². The fraction of sp³-hybridized carbons (Fsp3) is 0.667. The quantitative estimate of drug-likeness (QED) is 0.402. The van der Waals surface area contributed by atoms with E-state index < -0.39 is 11.9 Å². The number of fused-ring (bicyclic) bond motifs is 5. The molecule has 5 unspecified atom stereocenters. The molecule has 7 atom stereocenters. The predicted molar refractivity (Wildman–Crippen MR) is 147 cm³/mol. The zero-order valence-electron chi connectivity index (χ0n) is 22.4. The molecule has 4 bridgehead atoms. The van der Waals surface area contributed by atoms with Gasteiger partial charge in [0.2, 0.25) is 0 Å². The number of nitrogens with zero attached hydrogens (tertiary/aromatic N) is 4. The van der Waals surface area contributed by atoms with Crippen molar-refractivity contribution in [2.45, 2.75) is 107 Å². The Morgan fingerprint density at radius 2 is 1.71 bits per heavy atom. The van der Waals surface area contributed by atoms with E-state index in [1.807, 2.05) is 28.8 Å². The Labute approximate surface area is 224 Å². The number of oxime groups is 1. The normalized spacial score (nSPS) is 32.3. The van der Waals surface area contributed by atoms with Crippen LogP contribution in [0.1, 0.15) is 94.7 Å². The van der Waals surface area contributed by atoms with Crippen LogP contribution in [0, 0.1) is 11.8 Å². The fourth-order valence-corrected chi connectivity index (χ4v) is 8.45. The maximum atomic E-state index is 14.0. The molecule has 4 fully saturated rings. The monoisotopic (exact) mass is 520 g/mol. The number of carboxylic acids is 1. The Morgan fingerprint density at radius 1 is 1.03 bits per heavy atom. The molecule has 204 valence electrons. The summed E-state index contributed by atoms with van der Waals surface area (Å²) in [5, 5.41) is 13.7. The number of aromatic nitrogens is 2. The van der Waals surface area contributed by atoms with E-state index in [-0.39, 0.29) is 23.7 Å². The Bertz CT molecular complexity index is 1230. The molecule has 1 N–H and O–H groups in total. The molecule has 4 aliphatic rings. The zero-order chi connectivity index (χ0) is 26.2. The maximum Gasteiger partial charge on any atom is 0.313 e. The van der Waals surface area contributed by atoms with Crippen molar-refractivity contribution in [2.24, 2.45) is 17.0 Å². The number of para-hydroxylation sites is 2. The zero-order valence-corrected chi connectivity index (χ0v) is 22.4.